The lowest BCUT2D eigenvalue weighted by Gasteiger charge is -2.37. The highest BCUT2D eigenvalue weighted by Crippen LogP contribution is 2.34. The lowest BCUT2D eigenvalue weighted by molar-refractivity contribution is -0.146. The van der Waals surface area contributed by atoms with Gasteiger partial charge in [0, 0.05) is 19.4 Å². The van der Waals surface area contributed by atoms with Gasteiger partial charge in [0.25, 0.3) is 0 Å². The van der Waals surface area contributed by atoms with Crippen LogP contribution in [-0.2, 0) is 9.59 Å². The first-order chi connectivity index (χ1) is 7.10. The Morgan fingerprint density at radius 1 is 1.13 bits per heavy atom. The molecule has 0 spiro atoms. The Bertz CT molecular complexity index is 234. The van der Waals surface area contributed by atoms with E-state index in [1.54, 1.807) is 0 Å². The minimum absolute atomic E-state index is 0.0269. The molecular formula is C12H21NO2. The average molecular weight is 211 g/mol. The Balaban J connectivity index is 2.56. The van der Waals surface area contributed by atoms with E-state index in [0.717, 1.165) is 6.42 Å². The molecule has 1 saturated carbocycles. The summed E-state index contributed by atoms with van der Waals surface area (Å²) in [6.07, 6.45) is 3.24. The summed E-state index contributed by atoms with van der Waals surface area (Å²) in [5.74, 6) is 1.15. The molecule has 0 aromatic carbocycles. The van der Waals surface area contributed by atoms with E-state index in [9.17, 15) is 9.59 Å². The van der Waals surface area contributed by atoms with E-state index in [0.29, 0.717) is 31.2 Å². The molecule has 3 heteroatoms. The summed E-state index contributed by atoms with van der Waals surface area (Å²) in [5, 5.41) is 0. The molecule has 0 bridgehead atoms. The Kier molecular flexibility index (Phi) is 4.30. The van der Waals surface area contributed by atoms with Gasteiger partial charge in [0.15, 0.2) is 0 Å². The Morgan fingerprint density at radius 2 is 1.67 bits per heavy atom. The summed E-state index contributed by atoms with van der Waals surface area (Å²) in [4.78, 5) is 24.7. The van der Waals surface area contributed by atoms with Crippen molar-refractivity contribution in [2.75, 3.05) is 6.54 Å². The van der Waals surface area contributed by atoms with Gasteiger partial charge in [0.05, 0.1) is 0 Å². The molecule has 0 aliphatic heterocycles. The average Bonchev–Trinajstić information content (AvgIpc) is 2.26. The quantitative estimate of drug-likeness (QED) is 0.715. The van der Waals surface area contributed by atoms with Gasteiger partial charge in [-0.3, -0.25) is 14.5 Å². The van der Waals surface area contributed by atoms with Gasteiger partial charge >= 0.3 is 0 Å². The molecule has 2 unspecified atom stereocenters. The number of hydrogen-bond donors (Lipinski definition) is 0. The molecule has 0 aromatic rings. The van der Waals surface area contributed by atoms with Gasteiger partial charge in [-0.05, 0) is 18.3 Å². The Hall–Kier alpha value is -0.860. The molecule has 1 fully saturated rings. The Labute approximate surface area is 91.8 Å². The van der Waals surface area contributed by atoms with E-state index in [1.807, 2.05) is 13.8 Å². The van der Waals surface area contributed by atoms with Crippen LogP contribution in [0.1, 0.15) is 46.5 Å². The van der Waals surface area contributed by atoms with Crippen LogP contribution in [0.2, 0.25) is 0 Å². The second kappa shape index (κ2) is 5.29. The van der Waals surface area contributed by atoms with E-state index in [4.69, 9.17) is 0 Å². The molecule has 0 radical (unpaired) electrons. The molecule has 1 aliphatic rings. The number of imide groups is 1. The first-order valence-corrected chi connectivity index (χ1v) is 5.93. The van der Waals surface area contributed by atoms with Crippen LogP contribution in [0.5, 0.6) is 0 Å². The molecule has 86 valence electrons. The van der Waals surface area contributed by atoms with Gasteiger partial charge in [-0.25, -0.2) is 0 Å². The van der Waals surface area contributed by atoms with Crippen LogP contribution < -0.4 is 0 Å². The third-order valence-electron chi connectivity index (χ3n) is 3.42. The van der Waals surface area contributed by atoms with E-state index in [1.165, 1.54) is 11.3 Å². The van der Waals surface area contributed by atoms with E-state index >= 15 is 0 Å². The van der Waals surface area contributed by atoms with Crippen molar-refractivity contribution in [3.8, 4) is 0 Å². The molecule has 1 aliphatic carbocycles. The zero-order valence-electron chi connectivity index (χ0n) is 9.95. The molecule has 15 heavy (non-hydrogen) atoms. The summed E-state index contributed by atoms with van der Waals surface area (Å²) < 4.78 is 0. The van der Waals surface area contributed by atoms with Crippen molar-refractivity contribution in [1.82, 2.24) is 4.90 Å². The van der Waals surface area contributed by atoms with Crippen LogP contribution >= 0.6 is 0 Å². The van der Waals surface area contributed by atoms with Crippen molar-refractivity contribution in [3.05, 3.63) is 0 Å². The number of amides is 2. The number of nitrogens with zero attached hydrogens (tertiary/aromatic N) is 1. The summed E-state index contributed by atoms with van der Waals surface area (Å²) in [7, 11) is 0. The number of rotatable bonds is 4. The monoisotopic (exact) mass is 211 g/mol. The minimum atomic E-state index is -0.0269. The molecule has 0 heterocycles. The molecule has 1 rings (SSSR count). The van der Waals surface area contributed by atoms with Crippen LogP contribution in [-0.4, -0.2) is 23.3 Å². The van der Waals surface area contributed by atoms with Crippen molar-refractivity contribution in [2.45, 2.75) is 46.5 Å². The second-order valence-electron chi connectivity index (χ2n) is 4.42. The molecule has 3 nitrogen and oxygen atoms in total. The maximum Gasteiger partial charge on any atom is 0.228 e. The maximum atomic E-state index is 11.6. The van der Waals surface area contributed by atoms with Crippen molar-refractivity contribution in [3.63, 3.8) is 0 Å². The van der Waals surface area contributed by atoms with Gasteiger partial charge < -0.3 is 0 Å². The fourth-order valence-corrected chi connectivity index (χ4v) is 1.97. The van der Waals surface area contributed by atoms with Crippen molar-refractivity contribution >= 4 is 11.8 Å². The summed E-state index contributed by atoms with van der Waals surface area (Å²) >= 11 is 0. The van der Waals surface area contributed by atoms with E-state index < -0.39 is 0 Å². The van der Waals surface area contributed by atoms with Gasteiger partial charge in [0.1, 0.15) is 0 Å². The van der Waals surface area contributed by atoms with Gasteiger partial charge in [-0.15, -0.1) is 0 Å². The predicted octanol–water partition coefficient (Wildman–Crippen LogP) is 2.21. The van der Waals surface area contributed by atoms with Crippen LogP contribution in [0.3, 0.4) is 0 Å². The number of carbonyl (C=O) groups is 2. The first-order valence-electron chi connectivity index (χ1n) is 5.93. The third-order valence-corrected chi connectivity index (χ3v) is 3.42. The van der Waals surface area contributed by atoms with E-state index in [-0.39, 0.29) is 11.8 Å². The van der Waals surface area contributed by atoms with Gasteiger partial charge in [-0.1, -0.05) is 27.2 Å². The highest BCUT2D eigenvalue weighted by molar-refractivity contribution is 5.95. The van der Waals surface area contributed by atoms with Crippen molar-refractivity contribution in [1.29, 1.82) is 0 Å². The number of carbonyl (C=O) groups excluding carboxylic acids is 2. The van der Waals surface area contributed by atoms with E-state index in [2.05, 4.69) is 6.92 Å². The fourth-order valence-electron chi connectivity index (χ4n) is 1.97. The van der Waals surface area contributed by atoms with Crippen LogP contribution in [0.15, 0.2) is 0 Å². The zero-order chi connectivity index (χ0) is 11.4. The normalized spacial score (nSPS) is 24.5. The lowest BCUT2D eigenvalue weighted by Crippen LogP contribution is -2.43. The standard InChI is InChI=1S/C12H21NO2/c1-4-11(14)13(12(15)5-2)8-10-7-6-9(10)3/h9-10H,4-8H2,1-3H3. The topological polar surface area (TPSA) is 37.4 Å². The molecule has 2 amide bonds. The largest absolute Gasteiger partial charge is 0.282 e. The lowest BCUT2D eigenvalue weighted by atomic mass is 9.74. The van der Waals surface area contributed by atoms with Crippen LogP contribution in [0.4, 0.5) is 0 Å². The Morgan fingerprint density at radius 3 is 1.93 bits per heavy atom. The second-order valence-corrected chi connectivity index (χ2v) is 4.42. The third kappa shape index (κ3) is 2.80. The van der Waals surface area contributed by atoms with Crippen LogP contribution in [0.25, 0.3) is 0 Å². The summed E-state index contributed by atoms with van der Waals surface area (Å²) in [6.45, 7) is 6.45. The van der Waals surface area contributed by atoms with Crippen LogP contribution in [0, 0.1) is 11.8 Å². The highest BCUT2D eigenvalue weighted by atomic mass is 16.2. The zero-order valence-corrected chi connectivity index (χ0v) is 9.95. The summed E-state index contributed by atoms with van der Waals surface area (Å²) in [5.41, 5.74) is 0. The van der Waals surface area contributed by atoms with Gasteiger partial charge in [-0.2, -0.15) is 0 Å². The fraction of sp³-hybridized carbons (Fsp3) is 0.833. The number of hydrogen-bond acceptors (Lipinski definition) is 2. The summed E-state index contributed by atoms with van der Waals surface area (Å²) in [6, 6.07) is 0. The molecule has 0 N–H and O–H groups in total. The smallest absolute Gasteiger partial charge is 0.228 e. The van der Waals surface area contributed by atoms with Crippen molar-refractivity contribution < 1.29 is 9.59 Å². The minimum Gasteiger partial charge on any atom is -0.282 e. The first kappa shape index (κ1) is 12.2. The predicted molar refractivity (Wildman–Crippen MR) is 59.2 cm³/mol. The molecule has 0 aromatic heterocycles. The van der Waals surface area contributed by atoms with Gasteiger partial charge in [0.2, 0.25) is 11.8 Å². The molecule has 0 saturated heterocycles. The molecule has 2 atom stereocenters. The van der Waals surface area contributed by atoms with Crippen molar-refractivity contribution in [2.24, 2.45) is 11.8 Å². The maximum absolute atomic E-state index is 11.6. The molecular weight excluding hydrogens is 190 g/mol. The highest BCUT2D eigenvalue weighted by Gasteiger charge is 2.31. The SMILES string of the molecule is CCC(=O)N(CC1CCC1C)C(=O)CC.